The number of carbonyl (C=O) groups is 7. The van der Waals surface area contributed by atoms with Gasteiger partial charge in [-0.3, -0.25) is 38.6 Å². The fraction of sp³-hybridized carbons (Fsp3) is 0.394. The summed E-state index contributed by atoms with van der Waals surface area (Å²) < 4.78 is 0. The summed E-state index contributed by atoms with van der Waals surface area (Å²) in [7, 11) is 0. The minimum Gasteiger partial charge on any atom is -0.508 e. The highest BCUT2D eigenvalue weighted by atomic mass is 16.3. The number of aliphatic imine (C=N–C) groups is 1. The first-order valence-electron chi connectivity index (χ1n) is 16.3. The highest BCUT2D eigenvalue weighted by molar-refractivity contribution is 5.97. The molecule has 2 aromatic carbocycles. The van der Waals surface area contributed by atoms with Gasteiger partial charge in [-0.2, -0.15) is 0 Å². The van der Waals surface area contributed by atoms with E-state index in [1.165, 1.54) is 24.3 Å². The maximum atomic E-state index is 13.9. The van der Waals surface area contributed by atoms with Crippen molar-refractivity contribution < 1.29 is 43.8 Å². The lowest BCUT2D eigenvalue weighted by atomic mass is 10.0. The fourth-order valence-corrected chi connectivity index (χ4v) is 4.94. The highest BCUT2D eigenvalue weighted by Crippen LogP contribution is 2.13. The Morgan fingerprint density at radius 3 is 1.71 bits per heavy atom. The number of nitrogens with one attached hydrogen (secondary N) is 7. The van der Waals surface area contributed by atoms with Crippen molar-refractivity contribution in [1.29, 1.82) is 0 Å². The molecule has 3 rings (SSSR count). The topological polar surface area (TPSA) is 309 Å². The molecule has 2 aromatic rings. The number of aliphatic hydroxyl groups is 1. The molecule has 1 heterocycles. The van der Waals surface area contributed by atoms with Gasteiger partial charge in [0, 0.05) is 19.4 Å². The quantitative estimate of drug-likeness (QED) is 0.0666. The van der Waals surface area contributed by atoms with Crippen LogP contribution in [0.5, 0.6) is 5.75 Å². The Kier molecular flexibility index (Phi) is 15.8. The molecule has 7 amide bonds. The molecule has 0 spiro atoms. The number of phenols is 1. The van der Waals surface area contributed by atoms with E-state index in [0.29, 0.717) is 11.1 Å². The number of nitrogens with two attached hydrogens (primary N) is 2. The van der Waals surface area contributed by atoms with Crippen LogP contribution in [-0.2, 0) is 46.4 Å². The van der Waals surface area contributed by atoms with Crippen LogP contribution in [0.1, 0.15) is 24.0 Å². The van der Waals surface area contributed by atoms with E-state index in [9.17, 15) is 43.8 Å². The first-order chi connectivity index (χ1) is 24.8. The number of rotatable bonds is 9. The van der Waals surface area contributed by atoms with E-state index in [1.807, 2.05) is 0 Å². The van der Waals surface area contributed by atoms with Gasteiger partial charge in [0.2, 0.25) is 41.4 Å². The van der Waals surface area contributed by atoms with Gasteiger partial charge in [-0.15, -0.1) is 0 Å². The monoisotopic (exact) mass is 724 g/mol. The highest BCUT2D eigenvalue weighted by Gasteiger charge is 2.32. The minimum absolute atomic E-state index is 0.000215. The molecule has 4 atom stereocenters. The zero-order chi connectivity index (χ0) is 38.0. The molecule has 1 saturated heterocycles. The molecule has 0 radical (unpaired) electrons. The van der Waals surface area contributed by atoms with Gasteiger partial charge in [0.25, 0.3) is 0 Å². The smallest absolute Gasteiger partial charge is 0.245 e. The van der Waals surface area contributed by atoms with Crippen molar-refractivity contribution in [3.05, 3.63) is 65.7 Å². The van der Waals surface area contributed by atoms with E-state index in [0.717, 1.165) is 0 Å². The lowest BCUT2D eigenvalue weighted by Crippen LogP contribution is -2.59. The van der Waals surface area contributed by atoms with E-state index < -0.39 is 91.8 Å². The summed E-state index contributed by atoms with van der Waals surface area (Å²) in [5.41, 5.74) is 12.0. The summed E-state index contributed by atoms with van der Waals surface area (Å²) in [6.45, 7) is -2.52. The molecule has 0 bridgehead atoms. The predicted molar refractivity (Wildman–Crippen MR) is 186 cm³/mol. The van der Waals surface area contributed by atoms with Gasteiger partial charge < -0.3 is 58.9 Å². The first-order valence-corrected chi connectivity index (χ1v) is 16.3. The van der Waals surface area contributed by atoms with Gasteiger partial charge in [0.15, 0.2) is 5.96 Å². The van der Waals surface area contributed by atoms with Crippen LogP contribution in [0.2, 0.25) is 0 Å². The first kappa shape index (κ1) is 40.2. The molecule has 19 heteroatoms. The van der Waals surface area contributed by atoms with E-state index in [-0.39, 0.29) is 43.9 Å². The van der Waals surface area contributed by atoms with Crippen molar-refractivity contribution in [2.45, 2.75) is 49.9 Å². The number of guanidine groups is 1. The molecular weight excluding hydrogens is 680 g/mol. The van der Waals surface area contributed by atoms with Gasteiger partial charge in [0.05, 0.1) is 26.2 Å². The van der Waals surface area contributed by atoms with Gasteiger partial charge in [-0.25, -0.2) is 0 Å². The molecule has 52 heavy (non-hydrogen) atoms. The standard InChI is InChI=1S/C33H44N10O9/c34-33(35)36-12-4-7-22-30(50)42-23(13-19-5-2-1-3-6-19)29(49)39-16-27(47)37-15-26(46)38-17-28(48)40-25(18-44)32(52)43-24(31(51)41-22)14-20-8-10-21(45)11-9-20/h1-3,5-6,8-11,22-25,44-45H,4,7,12-18H2,(H,37,47)(H,38,46)(H,39,49)(H,40,48)(H,41,51)(H,42,50)(H,43,52)(H4,34,35,36)/t22-,23-,24-,25-/m0/s1. The molecular formula is C33H44N10O9. The second-order valence-corrected chi connectivity index (χ2v) is 11.8. The molecule has 0 saturated carbocycles. The van der Waals surface area contributed by atoms with Crippen LogP contribution in [0.25, 0.3) is 0 Å². The normalized spacial score (nSPS) is 21.4. The van der Waals surface area contributed by atoms with Gasteiger partial charge >= 0.3 is 0 Å². The lowest BCUT2D eigenvalue weighted by Gasteiger charge is -2.26. The minimum atomic E-state index is -1.55. The van der Waals surface area contributed by atoms with E-state index in [2.05, 4.69) is 42.2 Å². The van der Waals surface area contributed by atoms with Crippen molar-refractivity contribution >= 4 is 47.3 Å². The third kappa shape index (κ3) is 13.9. The third-order valence-electron chi connectivity index (χ3n) is 7.65. The van der Waals surface area contributed by atoms with Crippen LogP contribution in [0.3, 0.4) is 0 Å². The molecule has 1 fully saturated rings. The summed E-state index contributed by atoms with van der Waals surface area (Å²) in [5, 5.41) is 36.6. The van der Waals surface area contributed by atoms with Gasteiger partial charge in [0.1, 0.15) is 29.9 Å². The van der Waals surface area contributed by atoms with Crippen molar-refractivity contribution in [3.8, 4) is 5.75 Å². The number of nitrogens with zero attached hydrogens (tertiary/aromatic N) is 1. The summed E-state index contributed by atoms with van der Waals surface area (Å²) in [6, 6.07) is 9.00. The Balaban J connectivity index is 1.98. The lowest BCUT2D eigenvalue weighted by molar-refractivity contribution is -0.135. The number of benzene rings is 2. The zero-order valence-electron chi connectivity index (χ0n) is 28.2. The van der Waals surface area contributed by atoms with E-state index in [4.69, 9.17) is 11.5 Å². The summed E-state index contributed by atoms with van der Waals surface area (Å²) in [4.78, 5) is 95.4. The van der Waals surface area contributed by atoms with Crippen molar-refractivity contribution in [3.63, 3.8) is 0 Å². The molecule has 13 N–H and O–H groups in total. The van der Waals surface area contributed by atoms with Crippen LogP contribution in [0.4, 0.5) is 0 Å². The summed E-state index contributed by atoms with van der Waals surface area (Å²) in [5.74, 6) is -5.95. The molecule has 1 aliphatic heterocycles. The average molecular weight is 725 g/mol. The number of phenolic OH excluding ortho intramolecular Hbond substituents is 1. The van der Waals surface area contributed by atoms with Crippen molar-refractivity contribution in [2.24, 2.45) is 16.5 Å². The maximum absolute atomic E-state index is 13.9. The van der Waals surface area contributed by atoms with Crippen molar-refractivity contribution in [1.82, 2.24) is 37.2 Å². The van der Waals surface area contributed by atoms with Gasteiger partial charge in [-0.05, 0) is 36.1 Å². The number of hydrogen-bond donors (Lipinski definition) is 11. The Hall–Kier alpha value is -6.24. The number of aliphatic hydroxyl groups excluding tert-OH is 1. The molecule has 0 aliphatic carbocycles. The Morgan fingerprint density at radius 1 is 0.615 bits per heavy atom. The summed E-state index contributed by atoms with van der Waals surface area (Å²) >= 11 is 0. The molecule has 0 aromatic heterocycles. The summed E-state index contributed by atoms with van der Waals surface area (Å²) in [6.07, 6.45) is 0.0294. The fourth-order valence-electron chi connectivity index (χ4n) is 4.94. The second kappa shape index (κ2) is 20.4. The van der Waals surface area contributed by atoms with Crippen LogP contribution in [0.15, 0.2) is 59.6 Å². The second-order valence-electron chi connectivity index (χ2n) is 11.8. The van der Waals surface area contributed by atoms with E-state index >= 15 is 0 Å². The van der Waals surface area contributed by atoms with Crippen molar-refractivity contribution in [2.75, 3.05) is 32.8 Å². The van der Waals surface area contributed by atoms with Crippen LogP contribution in [0, 0.1) is 0 Å². The number of carbonyl (C=O) groups excluding carboxylic acids is 7. The predicted octanol–water partition coefficient (Wildman–Crippen LogP) is -4.48. The average Bonchev–Trinajstić information content (AvgIpc) is 3.12. The SMILES string of the molecule is NC(N)=NCCC[C@@H]1NC(=O)[C@H](Cc2ccc(O)cc2)NC(=O)[C@H](CO)NC(=O)CNC(=O)CNC(=O)CNC(=O)[C@H](Cc2ccccc2)NC1=O. The van der Waals surface area contributed by atoms with Crippen LogP contribution < -0.4 is 48.7 Å². The number of aromatic hydroxyl groups is 1. The number of hydrogen-bond acceptors (Lipinski definition) is 10. The van der Waals surface area contributed by atoms with Crippen LogP contribution in [-0.4, -0.2) is 114 Å². The van der Waals surface area contributed by atoms with E-state index in [1.54, 1.807) is 30.3 Å². The molecule has 1 aliphatic rings. The molecule has 0 unspecified atom stereocenters. The maximum Gasteiger partial charge on any atom is 0.245 e. The Labute approximate surface area is 298 Å². The zero-order valence-corrected chi connectivity index (χ0v) is 28.2. The molecule has 280 valence electrons. The molecule has 19 nitrogen and oxygen atoms in total. The number of amides is 7. The Bertz CT molecular complexity index is 1600. The van der Waals surface area contributed by atoms with Crippen LogP contribution >= 0.6 is 0 Å². The third-order valence-corrected chi connectivity index (χ3v) is 7.65. The van der Waals surface area contributed by atoms with Gasteiger partial charge in [-0.1, -0.05) is 42.5 Å². The Morgan fingerprint density at radius 2 is 1.12 bits per heavy atom. The largest absolute Gasteiger partial charge is 0.508 e.